The van der Waals surface area contributed by atoms with E-state index in [4.69, 9.17) is 21.8 Å². The fraction of sp³-hybridized carbons (Fsp3) is 0.231. The molecule has 0 amide bonds. The molecule has 0 radical (unpaired) electrons. The highest BCUT2D eigenvalue weighted by Gasteiger charge is 2.14. The topological polar surface area (TPSA) is 69.9 Å². The van der Waals surface area contributed by atoms with Gasteiger partial charge in [-0.15, -0.1) is 0 Å². The van der Waals surface area contributed by atoms with E-state index in [2.05, 4.69) is 10.1 Å². The second-order valence-corrected chi connectivity index (χ2v) is 4.75. The van der Waals surface area contributed by atoms with Crippen molar-refractivity contribution in [1.82, 2.24) is 14.8 Å². The Balaban J connectivity index is 2.20. The van der Waals surface area contributed by atoms with Crippen LogP contribution in [-0.4, -0.2) is 14.8 Å². The number of halogens is 1. The molecular weight excluding hydrogens is 264 g/mol. The Morgan fingerprint density at radius 2 is 2.16 bits per heavy atom. The average molecular weight is 277 g/mol. The fourth-order valence-electron chi connectivity index (χ4n) is 2.03. The van der Waals surface area contributed by atoms with Gasteiger partial charge >= 0.3 is 0 Å². The minimum absolute atomic E-state index is 0.479. The van der Waals surface area contributed by atoms with Crippen LogP contribution >= 0.6 is 11.6 Å². The monoisotopic (exact) mass is 276 g/mol. The number of oxazole rings is 1. The lowest BCUT2D eigenvalue weighted by Gasteiger charge is -1.98. The van der Waals surface area contributed by atoms with Crippen LogP contribution in [0.2, 0.25) is 5.02 Å². The smallest absolute Gasteiger partial charge is 0.245 e. The van der Waals surface area contributed by atoms with E-state index >= 15 is 0 Å². The van der Waals surface area contributed by atoms with Crippen LogP contribution in [0, 0.1) is 6.92 Å². The van der Waals surface area contributed by atoms with Gasteiger partial charge in [0.05, 0.1) is 16.4 Å². The molecule has 2 aromatic heterocycles. The molecule has 3 rings (SSSR count). The highest BCUT2D eigenvalue weighted by Crippen LogP contribution is 2.30. The number of nitrogens with two attached hydrogens (primary N) is 1. The average Bonchev–Trinajstić information content (AvgIpc) is 2.93. The predicted octanol–water partition coefficient (Wildman–Crippen LogP) is 3.26. The first-order valence-corrected chi connectivity index (χ1v) is 6.36. The third kappa shape index (κ3) is 1.96. The minimum Gasteiger partial charge on any atom is -0.435 e. The molecule has 0 fully saturated rings. The molecule has 3 aromatic rings. The second-order valence-electron chi connectivity index (χ2n) is 4.35. The molecule has 0 spiro atoms. The Hall–Kier alpha value is -2.01. The van der Waals surface area contributed by atoms with Gasteiger partial charge in [0.25, 0.3) is 0 Å². The molecule has 0 unspecified atom stereocenters. The number of nitrogens with zero attached hydrogens (tertiary/aromatic N) is 3. The van der Waals surface area contributed by atoms with Crippen LogP contribution in [0.25, 0.3) is 22.7 Å². The van der Waals surface area contributed by atoms with E-state index in [-0.39, 0.29) is 0 Å². The van der Waals surface area contributed by atoms with E-state index in [1.807, 2.05) is 24.6 Å². The van der Waals surface area contributed by atoms with E-state index in [1.54, 1.807) is 12.1 Å². The molecule has 1 aromatic carbocycles. The van der Waals surface area contributed by atoms with Gasteiger partial charge in [0.2, 0.25) is 5.89 Å². The van der Waals surface area contributed by atoms with Crippen molar-refractivity contribution in [3.05, 3.63) is 28.9 Å². The lowest BCUT2D eigenvalue weighted by Crippen LogP contribution is -1.99. The summed E-state index contributed by atoms with van der Waals surface area (Å²) in [6.07, 6.45) is 0. The van der Waals surface area contributed by atoms with Crippen molar-refractivity contribution >= 4 is 28.4 Å². The van der Waals surface area contributed by atoms with Gasteiger partial charge in [-0.1, -0.05) is 11.6 Å². The summed E-state index contributed by atoms with van der Waals surface area (Å²) in [5.74, 6) is 0.527. The van der Waals surface area contributed by atoms with Crippen molar-refractivity contribution in [2.45, 2.75) is 20.4 Å². The van der Waals surface area contributed by atoms with Crippen LogP contribution in [-0.2, 0) is 6.54 Å². The van der Waals surface area contributed by atoms with E-state index < -0.39 is 0 Å². The Kier molecular flexibility index (Phi) is 2.71. The lowest BCUT2D eigenvalue weighted by molar-refractivity contribution is 0.591. The van der Waals surface area contributed by atoms with Crippen LogP contribution < -0.4 is 5.73 Å². The fourth-order valence-corrected chi connectivity index (χ4v) is 2.19. The maximum absolute atomic E-state index is 5.98. The van der Waals surface area contributed by atoms with Crippen molar-refractivity contribution in [2.24, 2.45) is 0 Å². The molecular formula is C13H13ClN4O. The third-order valence-corrected chi connectivity index (χ3v) is 3.26. The normalized spacial score (nSPS) is 11.3. The molecule has 6 heteroatoms. The summed E-state index contributed by atoms with van der Waals surface area (Å²) < 4.78 is 7.59. The summed E-state index contributed by atoms with van der Waals surface area (Å²) in [5.41, 5.74) is 9.33. The van der Waals surface area contributed by atoms with Gasteiger partial charge in [-0.25, -0.2) is 4.98 Å². The molecule has 0 aliphatic carbocycles. The van der Waals surface area contributed by atoms with Crippen LogP contribution in [0.5, 0.6) is 0 Å². The van der Waals surface area contributed by atoms with Gasteiger partial charge < -0.3 is 10.2 Å². The number of aryl methyl sites for hydroxylation is 2. The van der Waals surface area contributed by atoms with Gasteiger partial charge in [0.1, 0.15) is 11.2 Å². The Bertz CT molecular complexity index is 720. The SMILES string of the molecule is CCn1nc(C)cc1-c1nc2cc(Cl)c(N)cc2o1. The standard InChI is InChI=1S/C13H13ClN4O/c1-3-18-11(4-7(2)17-18)13-16-10-5-8(14)9(15)6-12(10)19-13/h4-6H,3,15H2,1-2H3. The quantitative estimate of drug-likeness (QED) is 0.730. The highest BCUT2D eigenvalue weighted by molar-refractivity contribution is 6.33. The number of hydrogen-bond acceptors (Lipinski definition) is 4. The van der Waals surface area contributed by atoms with Crippen molar-refractivity contribution < 1.29 is 4.42 Å². The molecule has 0 bridgehead atoms. The minimum atomic E-state index is 0.479. The summed E-state index contributed by atoms with van der Waals surface area (Å²) in [4.78, 5) is 4.44. The highest BCUT2D eigenvalue weighted by atomic mass is 35.5. The number of aromatic nitrogens is 3. The van der Waals surface area contributed by atoms with Crippen LogP contribution in [0.1, 0.15) is 12.6 Å². The van der Waals surface area contributed by atoms with E-state index in [1.165, 1.54) is 0 Å². The summed E-state index contributed by atoms with van der Waals surface area (Å²) in [5, 5.41) is 4.86. The molecule has 0 atom stereocenters. The zero-order valence-corrected chi connectivity index (χ0v) is 11.4. The lowest BCUT2D eigenvalue weighted by atomic mass is 10.3. The van der Waals surface area contributed by atoms with Gasteiger partial charge in [0, 0.05) is 12.6 Å². The first-order valence-electron chi connectivity index (χ1n) is 5.99. The number of anilines is 1. The molecule has 2 N–H and O–H groups in total. The predicted molar refractivity (Wildman–Crippen MR) is 75.1 cm³/mol. The number of benzene rings is 1. The molecule has 0 saturated carbocycles. The van der Waals surface area contributed by atoms with Crippen LogP contribution in [0.3, 0.4) is 0 Å². The van der Waals surface area contributed by atoms with Crippen molar-refractivity contribution in [3.8, 4) is 11.6 Å². The van der Waals surface area contributed by atoms with Gasteiger partial charge in [-0.2, -0.15) is 5.10 Å². The largest absolute Gasteiger partial charge is 0.435 e. The maximum atomic E-state index is 5.98. The summed E-state index contributed by atoms with van der Waals surface area (Å²) in [6, 6.07) is 5.34. The Labute approximate surface area is 115 Å². The third-order valence-electron chi connectivity index (χ3n) is 2.93. The molecule has 98 valence electrons. The van der Waals surface area contributed by atoms with Crippen molar-refractivity contribution in [2.75, 3.05) is 5.73 Å². The maximum Gasteiger partial charge on any atom is 0.245 e. The summed E-state index contributed by atoms with van der Waals surface area (Å²) in [6.45, 7) is 4.71. The molecule has 0 aliphatic rings. The number of nitrogen functional groups attached to an aromatic ring is 1. The van der Waals surface area contributed by atoms with Crippen molar-refractivity contribution in [3.63, 3.8) is 0 Å². The van der Waals surface area contributed by atoms with Crippen molar-refractivity contribution in [1.29, 1.82) is 0 Å². The van der Waals surface area contributed by atoms with Gasteiger partial charge in [0.15, 0.2) is 5.58 Å². The first-order chi connectivity index (χ1) is 9.08. The van der Waals surface area contributed by atoms with Gasteiger partial charge in [-0.3, -0.25) is 4.68 Å². The zero-order chi connectivity index (χ0) is 13.6. The van der Waals surface area contributed by atoms with Crippen LogP contribution in [0.15, 0.2) is 22.6 Å². The molecule has 5 nitrogen and oxygen atoms in total. The number of fused-ring (bicyclic) bond motifs is 1. The Morgan fingerprint density at radius 3 is 2.89 bits per heavy atom. The summed E-state index contributed by atoms with van der Waals surface area (Å²) >= 11 is 5.98. The van der Waals surface area contributed by atoms with E-state index in [9.17, 15) is 0 Å². The van der Waals surface area contributed by atoms with Crippen LogP contribution in [0.4, 0.5) is 5.69 Å². The zero-order valence-electron chi connectivity index (χ0n) is 10.6. The molecule has 0 aliphatic heterocycles. The second kappa shape index (κ2) is 4.28. The van der Waals surface area contributed by atoms with E-state index in [0.717, 1.165) is 17.9 Å². The van der Waals surface area contributed by atoms with E-state index in [0.29, 0.717) is 27.7 Å². The summed E-state index contributed by atoms with van der Waals surface area (Å²) in [7, 11) is 0. The number of rotatable bonds is 2. The Morgan fingerprint density at radius 1 is 1.37 bits per heavy atom. The molecule has 19 heavy (non-hydrogen) atoms. The molecule has 2 heterocycles. The molecule has 0 saturated heterocycles. The first kappa shape index (κ1) is 12.0. The van der Waals surface area contributed by atoms with Gasteiger partial charge in [-0.05, 0) is 26.0 Å². The number of hydrogen-bond donors (Lipinski definition) is 1.